The van der Waals surface area contributed by atoms with Crippen LogP contribution in [0.2, 0.25) is 0 Å². The third-order valence-electron chi connectivity index (χ3n) is 6.44. The molecule has 10 heteroatoms. The minimum Gasteiger partial charge on any atom is -0.508 e. The second-order valence-electron chi connectivity index (χ2n) is 10.3. The highest BCUT2D eigenvalue weighted by Gasteiger charge is 2.31. The number of imide groups is 1. The normalized spacial score (nSPS) is 15.2. The summed E-state index contributed by atoms with van der Waals surface area (Å²) in [5.41, 5.74) is 3.31. The van der Waals surface area contributed by atoms with E-state index in [1.165, 1.54) is 0 Å². The number of phenols is 1. The SMILES string of the molecule is Cl.Cn1c(COc2ccc(CC3SC(=O)NC3=O)cc2)nc2ccc(Oc3ccc(O)c(C(C)(C)C)c3)cc21. The highest BCUT2D eigenvalue weighted by atomic mass is 35.5. The van der Waals surface area contributed by atoms with E-state index < -0.39 is 5.25 Å². The number of hydrogen-bond donors (Lipinski definition) is 2. The van der Waals surface area contributed by atoms with Crippen molar-refractivity contribution in [3.05, 3.63) is 77.6 Å². The Balaban J connectivity index is 0.00000353. The molecule has 39 heavy (non-hydrogen) atoms. The van der Waals surface area contributed by atoms with Gasteiger partial charge >= 0.3 is 0 Å². The van der Waals surface area contributed by atoms with Crippen LogP contribution >= 0.6 is 24.2 Å². The zero-order valence-electron chi connectivity index (χ0n) is 22.1. The minimum absolute atomic E-state index is 0. The highest BCUT2D eigenvalue weighted by Crippen LogP contribution is 2.35. The van der Waals surface area contributed by atoms with Crippen LogP contribution in [0.5, 0.6) is 23.0 Å². The molecule has 1 aliphatic heterocycles. The number of carbonyl (C=O) groups is 2. The number of amides is 2. The maximum atomic E-state index is 11.8. The van der Waals surface area contributed by atoms with Crippen LogP contribution in [0.3, 0.4) is 0 Å². The molecule has 2 amide bonds. The van der Waals surface area contributed by atoms with Crippen molar-refractivity contribution in [2.45, 2.75) is 44.5 Å². The maximum Gasteiger partial charge on any atom is 0.286 e. The van der Waals surface area contributed by atoms with Crippen molar-refractivity contribution in [2.24, 2.45) is 7.05 Å². The van der Waals surface area contributed by atoms with Crippen molar-refractivity contribution in [3.8, 4) is 23.0 Å². The molecule has 3 aromatic carbocycles. The fraction of sp³-hybridized carbons (Fsp3) is 0.276. The number of halogens is 1. The molecule has 1 saturated heterocycles. The van der Waals surface area contributed by atoms with Gasteiger partial charge in [0.05, 0.1) is 16.3 Å². The van der Waals surface area contributed by atoms with E-state index in [9.17, 15) is 14.7 Å². The van der Waals surface area contributed by atoms with E-state index in [-0.39, 0.29) is 41.3 Å². The number of aromatic nitrogens is 2. The number of imidazole rings is 1. The summed E-state index contributed by atoms with van der Waals surface area (Å²) < 4.78 is 14.1. The number of carbonyl (C=O) groups excluding carboxylic acids is 2. The van der Waals surface area contributed by atoms with Crippen LogP contribution in [0, 0.1) is 0 Å². The summed E-state index contributed by atoms with van der Waals surface area (Å²) in [4.78, 5) is 27.9. The van der Waals surface area contributed by atoms with E-state index in [2.05, 4.69) is 5.32 Å². The molecule has 1 fully saturated rings. The number of thioether (sulfide) groups is 1. The van der Waals surface area contributed by atoms with E-state index in [1.807, 2.05) is 80.9 Å². The van der Waals surface area contributed by atoms with Crippen LogP contribution in [0.25, 0.3) is 11.0 Å². The quantitative estimate of drug-likeness (QED) is 0.271. The number of rotatable bonds is 7. The second kappa shape index (κ2) is 11.2. The number of fused-ring (bicyclic) bond motifs is 1. The summed E-state index contributed by atoms with van der Waals surface area (Å²) >= 11 is 1.03. The Bertz CT molecular complexity index is 1530. The molecule has 0 spiro atoms. The van der Waals surface area contributed by atoms with Gasteiger partial charge in [-0.2, -0.15) is 0 Å². The maximum absolute atomic E-state index is 11.8. The summed E-state index contributed by atoms with van der Waals surface area (Å²) in [6.07, 6.45) is 0.485. The fourth-order valence-corrected chi connectivity index (χ4v) is 5.20. The number of nitrogens with zero attached hydrogens (tertiary/aromatic N) is 2. The summed E-state index contributed by atoms with van der Waals surface area (Å²) in [7, 11) is 1.94. The summed E-state index contributed by atoms with van der Waals surface area (Å²) in [5.74, 6) is 2.78. The Hall–Kier alpha value is -3.69. The number of ether oxygens (including phenoxy) is 2. The van der Waals surface area contributed by atoms with E-state index in [1.54, 1.807) is 12.1 Å². The standard InChI is InChI=1S/C29H29N3O5S.ClH/c1-29(2,3)21-14-19(10-12-24(21)33)37-20-9-11-22-23(15-20)32(4)26(30-22)16-36-18-7-5-17(6-8-18)13-25-27(34)31-28(35)38-25;/h5-12,14-15,25,33H,13,16H2,1-4H3,(H,31,34,35);1H. The zero-order valence-corrected chi connectivity index (χ0v) is 23.7. The van der Waals surface area contributed by atoms with Gasteiger partial charge in [0, 0.05) is 18.7 Å². The Morgan fingerprint density at radius 2 is 1.67 bits per heavy atom. The highest BCUT2D eigenvalue weighted by molar-refractivity contribution is 8.15. The number of hydrogen-bond acceptors (Lipinski definition) is 7. The van der Waals surface area contributed by atoms with Crippen molar-refractivity contribution < 1.29 is 24.2 Å². The van der Waals surface area contributed by atoms with Crippen molar-refractivity contribution in [2.75, 3.05) is 0 Å². The molecular weight excluding hydrogens is 538 g/mol. The van der Waals surface area contributed by atoms with Crippen LogP contribution < -0.4 is 14.8 Å². The van der Waals surface area contributed by atoms with Crippen molar-refractivity contribution in [1.82, 2.24) is 14.9 Å². The predicted molar refractivity (Wildman–Crippen MR) is 154 cm³/mol. The van der Waals surface area contributed by atoms with Gasteiger partial charge < -0.3 is 19.1 Å². The van der Waals surface area contributed by atoms with Gasteiger partial charge in [0.1, 0.15) is 35.4 Å². The number of aromatic hydroxyl groups is 1. The number of aryl methyl sites for hydroxylation is 1. The first-order valence-corrected chi connectivity index (χ1v) is 13.1. The summed E-state index contributed by atoms with van der Waals surface area (Å²) in [6, 6.07) is 18.5. The Kier molecular flexibility index (Phi) is 8.13. The molecule has 2 N–H and O–H groups in total. The largest absolute Gasteiger partial charge is 0.508 e. The Morgan fingerprint density at radius 1 is 1.00 bits per heavy atom. The minimum atomic E-state index is -0.391. The van der Waals surface area contributed by atoms with Gasteiger partial charge in [-0.05, 0) is 59.9 Å². The topological polar surface area (TPSA) is 103 Å². The van der Waals surface area contributed by atoms with Crippen LogP contribution in [0.1, 0.15) is 37.7 Å². The average molecular weight is 568 g/mol. The molecule has 5 rings (SSSR count). The molecule has 8 nitrogen and oxygen atoms in total. The molecule has 1 atom stereocenters. The van der Waals surface area contributed by atoms with E-state index in [0.29, 0.717) is 23.7 Å². The van der Waals surface area contributed by atoms with Gasteiger partial charge in [-0.1, -0.05) is 44.7 Å². The average Bonchev–Trinajstić information content (AvgIpc) is 3.36. The second-order valence-corrected chi connectivity index (χ2v) is 11.5. The molecule has 2 heterocycles. The van der Waals surface area contributed by atoms with Crippen LogP contribution in [0.15, 0.2) is 60.7 Å². The van der Waals surface area contributed by atoms with Crippen molar-refractivity contribution >= 4 is 46.3 Å². The van der Waals surface area contributed by atoms with E-state index in [0.717, 1.165) is 39.7 Å². The first kappa shape index (κ1) is 28.3. The summed E-state index contributed by atoms with van der Waals surface area (Å²) in [6.45, 7) is 6.42. The lowest BCUT2D eigenvalue weighted by molar-refractivity contribution is -0.118. The van der Waals surface area contributed by atoms with Gasteiger partial charge in [-0.3, -0.25) is 14.9 Å². The van der Waals surface area contributed by atoms with E-state index in [4.69, 9.17) is 14.5 Å². The van der Waals surface area contributed by atoms with Gasteiger partial charge in [-0.25, -0.2) is 4.98 Å². The van der Waals surface area contributed by atoms with Gasteiger partial charge in [0.2, 0.25) is 5.91 Å². The lowest BCUT2D eigenvalue weighted by Crippen LogP contribution is -2.25. The first-order chi connectivity index (χ1) is 18.1. The smallest absolute Gasteiger partial charge is 0.286 e. The monoisotopic (exact) mass is 567 g/mol. The first-order valence-electron chi connectivity index (χ1n) is 12.3. The lowest BCUT2D eigenvalue weighted by atomic mass is 9.86. The number of benzene rings is 3. The lowest BCUT2D eigenvalue weighted by Gasteiger charge is -2.21. The molecular formula is C29H30ClN3O5S. The molecule has 1 aliphatic rings. The zero-order chi connectivity index (χ0) is 27.0. The third kappa shape index (κ3) is 6.32. The molecule has 0 bridgehead atoms. The fourth-order valence-electron chi connectivity index (χ4n) is 4.34. The molecule has 1 aromatic heterocycles. The number of phenolic OH excluding ortho intramolecular Hbond substituents is 1. The van der Waals surface area contributed by atoms with Gasteiger partial charge in [0.15, 0.2) is 0 Å². The molecule has 0 radical (unpaired) electrons. The molecule has 4 aromatic rings. The number of nitrogens with one attached hydrogen (secondary N) is 1. The summed E-state index contributed by atoms with van der Waals surface area (Å²) in [5, 5.41) is 11.9. The van der Waals surface area contributed by atoms with Crippen LogP contribution in [0.4, 0.5) is 4.79 Å². The third-order valence-corrected chi connectivity index (χ3v) is 7.42. The van der Waals surface area contributed by atoms with Crippen molar-refractivity contribution in [1.29, 1.82) is 0 Å². The van der Waals surface area contributed by atoms with Gasteiger partial charge in [-0.15, -0.1) is 12.4 Å². The Labute approximate surface area is 237 Å². The predicted octanol–water partition coefficient (Wildman–Crippen LogP) is 6.26. The Morgan fingerprint density at radius 3 is 2.33 bits per heavy atom. The molecule has 0 saturated carbocycles. The molecule has 1 unspecified atom stereocenters. The van der Waals surface area contributed by atoms with Crippen LogP contribution in [-0.2, 0) is 30.3 Å². The molecule has 0 aliphatic carbocycles. The van der Waals surface area contributed by atoms with Gasteiger partial charge in [0.25, 0.3) is 5.24 Å². The van der Waals surface area contributed by atoms with Crippen molar-refractivity contribution in [3.63, 3.8) is 0 Å². The molecule has 204 valence electrons. The van der Waals surface area contributed by atoms with Crippen LogP contribution in [-0.4, -0.2) is 31.1 Å². The van der Waals surface area contributed by atoms with E-state index >= 15 is 0 Å².